The number of nitro benzene ring substituents is 1. The van der Waals surface area contributed by atoms with Gasteiger partial charge in [-0.25, -0.2) is 4.79 Å². The Bertz CT molecular complexity index is 1000. The van der Waals surface area contributed by atoms with Crippen LogP contribution in [-0.4, -0.2) is 53.7 Å². The number of nitro groups is 1. The molecule has 1 saturated heterocycles. The smallest absolute Gasteiger partial charge is 0.407 e. The van der Waals surface area contributed by atoms with Crippen molar-refractivity contribution < 1.29 is 19.2 Å². The van der Waals surface area contributed by atoms with Gasteiger partial charge >= 0.3 is 6.09 Å². The fraction of sp³-hybridized carbons (Fsp3) is 0.500. The summed E-state index contributed by atoms with van der Waals surface area (Å²) in [5, 5.41) is 18.1. The number of carbonyl (C=O) groups is 2. The minimum atomic E-state index is -0.572. The first-order chi connectivity index (χ1) is 15.2. The third-order valence-electron chi connectivity index (χ3n) is 5.19. The predicted octanol–water partition coefficient (Wildman–Crippen LogP) is 3.00. The molecule has 1 aliphatic heterocycles. The summed E-state index contributed by atoms with van der Waals surface area (Å²) in [6.45, 7) is 7.22. The van der Waals surface area contributed by atoms with E-state index in [2.05, 4.69) is 20.5 Å². The van der Waals surface area contributed by atoms with Crippen molar-refractivity contribution in [1.29, 1.82) is 0 Å². The highest BCUT2D eigenvalue weighted by Gasteiger charge is 2.27. The largest absolute Gasteiger partial charge is 0.444 e. The highest BCUT2D eigenvalue weighted by atomic mass is 16.6. The molecule has 32 heavy (non-hydrogen) atoms. The second kappa shape index (κ2) is 9.80. The van der Waals surface area contributed by atoms with Gasteiger partial charge in [-0.3, -0.25) is 19.9 Å². The van der Waals surface area contributed by atoms with Crippen LogP contribution < -0.4 is 15.5 Å². The minimum Gasteiger partial charge on any atom is -0.444 e. The van der Waals surface area contributed by atoms with Crippen LogP contribution in [0.25, 0.3) is 10.8 Å². The Morgan fingerprint density at radius 2 is 1.97 bits per heavy atom. The molecule has 0 radical (unpaired) electrons. The Hall–Kier alpha value is -3.43. The predicted molar refractivity (Wildman–Crippen MR) is 121 cm³/mol. The van der Waals surface area contributed by atoms with Crippen molar-refractivity contribution in [2.75, 3.05) is 31.1 Å². The van der Waals surface area contributed by atoms with E-state index in [4.69, 9.17) is 4.74 Å². The van der Waals surface area contributed by atoms with Crippen molar-refractivity contribution in [2.24, 2.45) is 5.92 Å². The molecule has 2 aromatic rings. The minimum absolute atomic E-state index is 0.0145. The molecule has 1 fully saturated rings. The van der Waals surface area contributed by atoms with Crippen molar-refractivity contribution in [1.82, 2.24) is 15.6 Å². The Labute approximate surface area is 186 Å². The van der Waals surface area contributed by atoms with E-state index < -0.39 is 16.6 Å². The van der Waals surface area contributed by atoms with Crippen LogP contribution in [0.4, 0.5) is 16.2 Å². The maximum absolute atomic E-state index is 12.7. The van der Waals surface area contributed by atoms with E-state index in [1.807, 2.05) is 0 Å². The van der Waals surface area contributed by atoms with Crippen molar-refractivity contribution in [2.45, 2.75) is 39.2 Å². The van der Waals surface area contributed by atoms with E-state index in [0.29, 0.717) is 18.5 Å². The summed E-state index contributed by atoms with van der Waals surface area (Å²) in [5.41, 5.74) is 0.300. The van der Waals surface area contributed by atoms with Gasteiger partial charge in [-0.05, 0) is 45.7 Å². The average Bonchev–Trinajstić information content (AvgIpc) is 2.74. The van der Waals surface area contributed by atoms with Gasteiger partial charge in [-0.2, -0.15) is 0 Å². The lowest BCUT2D eigenvalue weighted by Crippen LogP contribution is -2.45. The molecule has 1 atom stereocenters. The van der Waals surface area contributed by atoms with Crippen LogP contribution >= 0.6 is 0 Å². The summed E-state index contributed by atoms with van der Waals surface area (Å²) < 4.78 is 5.17. The number of fused-ring (bicyclic) bond motifs is 1. The molecule has 0 saturated carbocycles. The van der Waals surface area contributed by atoms with Crippen molar-refractivity contribution in [3.05, 3.63) is 40.7 Å². The second-order valence-corrected chi connectivity index (χ2v) is 8.79. The normalized spacial score (nSPS) is 16.5. The molecule has 1 unspecified atom stereocenters. The lowest BCUT2D eigenvalue weighted by atomic mass is 9.95. The van der Waals surface area contributed by atoms with Crippen molar-refractivity contribution in [3.63, 3.8) is 0 Å². The molecular weight excluding hydrogens is 414 g/mol. The highest BCUT2D eigenvalue weighted by Crippen LogP contribution is 2.34. The number of rotatable bonds is 6. The number of aromatic nitrogens is 1. The third-order valence-corrected chi connectivity index (χ3v) is 5.19. The first-order valence-electron chi connectivity index (χ1n) is 10.7. The maximum atomic E-state index is 12.7. The van der Waals surface area contributed by atoms with Crippen LogP contribution in [0.2, 0.25) is 0 Å². The number of alkyl carbamates (subject to hydrolysis) is 1. The summed E-state index contributed by atoms with van der Waals surface area (Å²) in [5.74, 6) is -0.286. The number of amides is 2. The number of pyridine rings is 1. The van der Waals surface area contributed by atoms with Crippen LogP contribution in [0.5, 0.6) is 0 Å². The molecule has 2 N–H and O–H groups in total. The van der Waals surface area contributed by atoms with E-state index in [0.717, 1.165) is 30.5 Å². The van der Waals surface area contributed by atoms with Crippen LogP contribution in [0.15, 0.2) is 30.6 Å². The molecule has 1 aromatic carbocycles. The molecule has 2 amide bonds. The van der Waals surface area contributed by atoms with Crippen molar-refractivity contribution >= 4 is 34.1 Å². The zero-order valence-electron chi connectivity index (χ0n) is 18.6. The topological polar surface area (TPSA) is 127 Å². The summed E-state index contributed by atoms with van der Waals surface area (Å²) in [7, 11) is 0. The van der Waals surface area contributed by atoms with Gasteiger partial charge in [0.05, 0.1) is 16.2 Å². The molecule has 10 heteroatoms. The van der Waals surface area contributed by atoms with Gasteiger partial charge in [0, 0.05) is 55.7 Å². The lowest BCUT2D eigenvalue weighted by molar-refractivity contribution is -0.383. The van der Waals surface area contributed by atoms with Gasteiger partial charge in [0.2, 0.25) is 5.91 Å². The van der Waals surface area contributed by atoms with Crippen LogP contribution in [0, 0.1) is 16.0 Å². The molecule has 0 bridgehead atoms. The Balaban J connectivity index is 1.60. The Morgan fingerprint density at radius 3 is 2.69 bits per heavy atom. The second-order valence-electron chi connectivity index (χ2n) is 8.79. The zero-order chi connectivity index (χ0) is 23.3. The third kappa shape index (κ3) is 5.83. The average molecular weight is 444 g/mol. The number of piperidine rings is 1. The summed E-state index contributed by atoms with van der Waals surface area (Å²) in [4.78, 5) is 41.4. The summed E-state index contributed by atoms with van der Waals surface area (Å²) >= 11 is 0. The van der Waals surface area contributed by atoms with Gasteiger partial charge in [0.25, 0.3) is 5.69 Å². The molecule has 1 aliphatic rings. The van der Waals surface area contributed by atoms with E-state index in [-0.39, 0.29) is 24.1 Å². The summed E-state index contributed by atoms with van der Waals surface area (Å²) in [6.07, 6.45) is 4.19. The standard InChI is InChI=1S/C22H29N5O5/c1-22(2,3)32-21(29)25-11-10-24-20(28)15-5-4-12-26(14-15)18-6-7-19(27(30)31)17-13-23-9-8-16(17)18/h6-9,13,15H,4-5,10-12,14H2,1-3H3,(H,24,28)(H,25,29). The van der Waals surface area contributed by atoms with Gasteiger partial charge in [0.15, 0.2) is 0 Å². The highest BCUT2D eigenvalue weighted by molar-refractivity contribution is 5.99. The zero-order valence-corrected chi connectivity index (χ0v) is 18.6. The summed E-state index contributed by atoms with van der Waals surface area (Å²) in [6, 6.07) is 5.00. The van der Waals surface area contributed by atoms with E-state index in [1.165, 1.54) is 12.3 Å². The van der Waals surface area contributed by atoms with Crippen LogP contribution in [0.1, 0.15) is 33.6 Å². The number of benzene rings is 1. The van der Waals surface area contributed by atoms with Crippen LogP contribution in [0.3, 0.4) is 0 Å². The number of hydrogen-bond acceptors (Lipinski definition) is 7. The molecule has 3 rings (SSSR count). The number of hydrogen-bond donors (Lipinski definition) is 2. The lowest BCUT2D eigenvalue weighted by Gasteiger charge is -2.34. The molecule has 10 nitrogen and oxygen atoms in total. The number of non-ortho nitro benzene ring substituents is 1. The maximum Gasteiger partial charge on any atom is 0.407 e. The Kier molecular flexibility index (Phi) is 7.12. The molecule has 0 spiro atoms. The first-order valence-corrected chi connectivity index (χ1v) is 10.7. The van der Waals surface area contributed by atoms with Gasteiger partial charge in [-0.15, -0.1) is 0 Å². The molecule has 2 heterocycles. The molecule has 1 aromatic heterocycles. The van der Waals surface area contributed by atoms with Gasteiger partial charge in [0.1, 0.15) is 5.60 Å². The van der Waals surface area contributed by atoms with E-state index in [1.54, 1.807) is 39.1 Å². The monoisotopic (exact) mass is 443 g/mol. The fourth-order valence-corrected chi connectivity index (χ4v) is 3.81. The molecular formula is C22H29N5O5. The number of anilines is 1. The number of carbonyl (C=O) groups excluding carboxylic acids is 2. The quantitative estimate of drug-likeness (QED) is 0.399. The van der Waals surface area contributed by atoms with Gasteiger partial charge < -0.3 is 20.3 Å². The Morgan fingerprint density at radius 1 is 1.22 bits per heavy atom. The first kappa shape index (κ1) is 23.2. The molecule has 172 valence electrons. The number of ether oxygens (including phenoxy) is 1. The van der Waals surface area contributed by atoms with E-state index >= 15 is 0 Å². The number of nitrogens with zero attached hydrogens (tertiary/aromatic N) is 3. The molecule has 0 aliphatic carbocycles. The SMILES string of the molecule is CC(C)(C)OC(=O)NCCNC(=O)C1CCCN(c2ccc([N+](=O)[O-])c3cnccc23)C1. The van der Waals surface area contributed by atoms with E-state index in [9.17, 15) is 19.7 Å². The van der Waals surface area contributed by atoms with Crippen molar-refractivity contribution in [3.8, 4) is 0 Å². The van der Waals surface area contributed by atoms with Crippen LogP contribution in [-0.2, 0) is 9.53 Å². The van der Waals surface area contributed by atoms with Gasteiger partial charge in [-0.1, -0.05) is 0 Å². The fourth-order valence-electron chi connectivity index (χ4n) is 3.81. The number of nitrogens with one attached hydrogen (secondary N) is 2.